The molecule has 0 aliphatic heterocycles. The Hall–Kier alpha value is 0.310. The van der Waals surface area contributed by atoms with Crippen molar-refractivity contribution in [2.75, 3.05) is 18.1 Å². The third-order valence-corrected chi connectivity index (χ3v) is 3.74. The molecule has 0 atom stereocenters. The average Bonchev–Trinajstić information content (AvgIpc) is 2.26. The van der Waals surface area contributed by atoms with Crippen LogP contribution in [0.1, 0.15) is 64.7 Å². The highest BCUT2D eigenvalue weighted by Gasteiger charge is 1.92. The van der Waals surface area contributed by atoms with Gasteiger partial charge in [0.15, 0.2) is 0 Å². The lowest BCUT2D eigenvalue weighted by atomic mass is 10.1. The van der Waals surface area contributed by atoms with Gasteiger partial charge in [-0.15, -0.1) is 0 Å². The van der Waals surface area contributed by atoms with E-state index in [0.717, 1.165) is 6.42 Å². The predicted molar refractivity (Wildman–Crippen MR) is 71.6 cm³/mol. The fraction of sp³-hybridized carbons (Fsp3) is 1.00. The molecule has 0 saturated carbocycles. The summed E-state index contributed by atoms with van der Waals surface area (Å²) in [6.07, 6.45) is 11.8. The number of aliphatic hydroxyl groups is 1. The SMILES string of the molecule is CCCCSCCCCCCCCCO. The second-order valence-electron chi connectivity index (χ2n) is 4.16. The highest BCUT2D eigenvalue weighted by Crippen LogP contribution is 2.11. The first kappa shape index (κ1) is 15.3. The molecule has 0 aromatic carbocycles. The molecule has 1 nitrogen and oxygen atoms in total. The van der Waals surface area contributed by atoms with Crippen LogP contribution < -0.4 is 0 Å². The van der Waals surface area contributed by atoms with Crippen molar-refractivity contribution < 1.29 is 5.11 Å². The number of thioether (sulfide) groups is 1. The lowest BCUT2D eigenvalue weighted by Crippen LogP contribution is -1.86. The highest BCUT2D eigenvalue weighted by molar-refractivity contribution is 7.99. The molecule has 0 unspecified atom stereocenters. The van der Waals surface area contributed by atoms with Gasteiger partial charge in [0.1, 0.15) is 0 Å². The minimum absolute atomic E-state index is 0.369. The number of hydrogen-bond donors (Lipinski definition) is 1. The molecule has 0 aromatic heterocycles. The Balaban J connectivity index is 2.81. The Kier molecular flexibility index (Phi) is 14.6. The third-order valence-electron chi connectivity index (χ3n) is 2.59. The molecule has 0 radical (unpaired) electrons. The third kappa shape index (κ3) is 14.3. The van der Waals surface area contributed by atoms with Crippen molar-refractivity contribution in [1.82, 2.24) is 0 Å². The van der Waals surface area contributed by atoms with Crippen molar-refractivity contribution >= 4 is 11.8 Å². The molecule has 0 fully saturated rings. The number of unbranched alkanes of at least 4 members (excludes halogenated alkanes) is 7. The van der Waals surface area contributed by atoms with Gasteiger partial charge in [-0.3, -0.25) is 0 Å². The predicted octanol–water partition coefficient (Wildman–Crippen LogP) is 4.24. The van der Waals surface area contributed by atoms with Crippen LogP contribution in [-0.2, 0) is 0 Å². The van der Waals surface area contributed by atoms with Gasteiger partial charge in [-0.1, -0.05) is 45.4 Å². The lowest BCUT2D eigenvalue weighted by molar-refractivity contribution is 0.282. The van der Waals surface area contributed by atoms with E-state index >= 15 is 0 Å². The molecular weight excluding hydrogens is 204 g/mol. The van der Waals surface area contributed by atoms with Gasteiger partial charge in [0.25, 0.3) is 0 Å². The Morgan fingerprint density at radius 1 is 0.733 bits per heavy atom. The van der Waals surface area contributed by atoms with Gasteiger partial charge in [-0.2, -0.15) is 11.8 Å². The Morgan fingerprint density at radius 2 is 1.27 bits per heavy atom. The van der Waals surface area contributed by atoms with Crippen molar-refractivity contribution in [3.05, 3.63) is 0 Å². The van der Waals surface area contributed by atoms with Crippen LogP contribution in [0.2, 0.25) is 0 Å². The van der Waals surface area contributed by atoms with Crippen molar-refractivity contribution in [2.45, 2.75) is 64.7 Å². The minimum Gasteiger partial charge on any atom is -0.396 e. The summed E-state index contributed by atoms with van der Waals surface area (Å²) >= 11 is 2.12. The van der Waals surface area contributed by atoms with E-state index in [0.29, 0.717) is 6.61 Å². The molecule has 15 heavy (non-hydrogen) atoms. The van der Waals surface area contributed by atoms with Crippen molar-refractivity contribution in [3.63, 3.8) is 0 Å². The summed E-state index contributed by atoms with van der Waals surface area (Å²) in [5.74, 6) is 2.71. The normalized spacial score (nSPS) is 10.8. The van der Waals surface area contributed by atoms with E-state index in [9.17, 15) is 0 Å². The van der Waals surface area contributed by atoms with Crippen molar-refractivity contribution in [3.8, 4) is 0 Å². The number of rotatable bonds is 12. The summed E-state index contributed by atoms with van der Waals surface area (Å²) in [5.41, 5.74) is 0. The maximum absolute atomic E-state index is 8.61. The van der Waals surface area contributed by atoms with Crippen molar-refractivity contribution in [1.29, 1.82) is 0 Å². The molecule has 0 heterocycles. The van der Waals surface area contributed by atoms with Gasteiger partial charge in [0.2, 0.25) is 0 Å². The second kappa shape index (κ2) is 14.3. The maximum atomic E-state index is 8.61. The maximum Gasteiger partial charge on any atom is 0.0431 e. The van der Waals surface area contributed by atoms with Crippen LogP contribution in [0, 0.1) is 0 Å². The summed E-state index contributed by atoms with van der Waals surface area (Å²) in [6.45, 7) is 2.63. The molecule has 92 valence electrons. The molecule has 0 aliphatic carbocycles. The first-order valence-corrected chi connectivity index (χ1v) is 7.76. The van der Waals surface area contributed by atoms with Crippen LogP contribution in [0.15, 0.2) is 0 Å². The van der Waals surface area contributed by atoms with Crippen LogP contribution >= 0.6 is 11.8 Å². The zero-order chi connectivity index (χ0) is 11.2. The van der Waals surface area contributed by atoms with Crippen LogP contribution in [0.5, 0.6) is 0 Å². The topological polar surface area (TPSA) is 20.2 Å². The summed E-state index contributed by atoms with van der Waals surface area (Å²) in [4.78, 5) is 0. The van der Waals surface area contributed by atoms with E-state index in [1.54, 1.807) is 0 Å². The van der Waals surface area contributed by atoms with E-state index in [2.05, 4.69) is 18.7 Å². The van der Waals surface area contributed by atoms with Gasteiger partial charge in [0, 0.05) is 6.61 Å². The van der Waals surface area contributed by atoms with E-state index in [1.807, 2.05) is 0 Å². The standard InChI is InChI=1S/C13H28OS/c1-2-3-12-15-13-10-8-6-4-5-7-9-11-14/h14H,2-13H2,1H3. The molecule has 2 heteroatoms. The van der Waals surface area contributed by atoms with Gasteiger partial charge in [-0.25, -0.2) is 0 Å². The van der Waals surface area contributed by atoms with Crippen LogP contribution in [0.4, 0.5) is 0 Å². The summed E-state index contributed by atoms with van der Waals surface area (Å²) in [7, 11) is 0. The zero-order valence-electron chi connectivity index (χ0n) is 10.3. The minimum atomic E-state index is 0.369. The lowest BCUT2D eigenvalue weighted by Gasteiger charge is -2.01. The Bertz CT molecular complexity index is 94.7. The number of aliphatic hydroxyl groups excluding tert-OH is 1. The van der Waals surface area contributed by atoms with Crippen LogP contribution in [0.25, 0.3) is 0 Å². The van der Waals surface area contributed by atoms with Gasteiger partial charge >= 0.3 is 0 Å². The van der Waals surface area contributed by atoms with Gasteiger partial charge in [0.05, 0.1) is 0 Å². The smallest absolute Gasteiger partial charge is 0.0431 e. The molecule has 0 aliphatic rings. The molecule has 0 spiro atoms. The molecule has 0 amide bonds. The first-order valence-electron chi connectivity index (χ1n) is 6.60. The molecule has 0 bridgehead atoms. The fourth-order valence-electron chi connectivity index (χ4n) is 1.55. The summed E-state index contributed by atoms with van der Waals surface area (Å²) in [6, 6.07) is 0. The molecule has 0 aromatic rings. The van der Waals surface area contributed by atoms with Gasteiger partial charge in [-0.05, 0) is 30.8 Å². The highest BCUT2D eigenvalue weighted by atomic mass is 32.2. The Labute approximate surface area is 100 Å². The average molecular weight is 232 g/mol. The van der Waals surface area contributed by atoms with Gasteiger partial charge < -0.3 is 5.11 Å². The van der Waals surface area contributed by atoms with E-state index in [-0.39, 0.29) is 0 Å². The van der Waals surface area contributed by atoms with E-state index in [1.165, 1.54) is 62.9 Å². The second-order valence-corrected chi connectivity index (χ2v) is 5.39. The Morgan fingerprint density at radius 3 is 1.87 bits per heavy atom. The molecular formula is C13H28OS. The van der Waals surface area contributed by atoms with Crippen LogP contribution in [-0.4, -0.2) is 23.2 Å². The largest absolute Gasteiger partial charge is 0.396 e. The first-order chi connectivity index (χ1) is 7.41. The molecule has 0 saturated heterocycles. The van der Waals surface area contributed by atoms with Crippen molar-refractivity contribution in [2.24, 2.45) is 0 Å². The molecule has 0 rings (SSSR count). The zero-order valence-corrected chi connectivity index (χ0v) is 11.2. The van der Waals surface area contributed by atoms with E-state index < -0.39 is 0 Å². The summed E-state index contributed by atoms with van der Waals surface area (Å²) in [5, 5.41) is 8.61. The summed E-state index contributed by atoms with van der Waals surface area (Å²) < 4.78 is 0. The molecule has 1 N–H and O–H groups in total. The number of hydrogen-bond acceptors (Lipinski definition) is 2. The monoisotopic (exact) mass is 232 g/mol. The fourth-order valence-corrected chi connectivity index (χ4v) is 2.65. The van der Waals surface area contributed by atoms with Crippen LogP contribution in [0.3, 0.4) is 0 Å². The quantitative estimate of drug-likeness (QED) is 0.508. The van der Waals surface area contributed by atoms with E-state index in [4.69, 9.17) is 5.11 Å².